The van der Waals surface area contributed by atoms with Crippen LogP contribution in [-0.4, -0.2) is 43.0 Å². The molecule has 0 aromatic rings. The number of carbonyl (C=O) groups is 1. The molecule has 18 heavy (non-hydrogen) atoms. The molecule has 5 nitrogen and oxygen atoms in total. The predicted molar refractivity (Wildman–Crippen MR) is 70.4 cm³/mol. The predicted octanol–water partition coefficient (Wildman–Crippen LogP) is 1.26. The number of hydrogen-bond acceptors (Lipinski definition) is 3. The molecule has 4 unspecified atom stereocenters. The molecule has 1 rings (SSSR count). The summed E-state index contributed by atoms with van der Waals surface area (Å²) < 4.78 is 5.40. The molecule has 2 amide bonds. The van der Waals surface area contributed by atoms with Crippen LogP contribution in [0.4, 0.5) is 4.79 Å². The number of urea groups is 1. The molecule has 1 aliphatic rings. The molecule has 0 spiro atoms. The number of carbonyl (C=O) groups excluding carboxylic acids is 1. The highest BCUT2D eigenvalue weighted by molar-refractivity contribution is 5.74. The van der Waals surface area contributed by atoms with Gasteiger partial charge in [-0.2, -0.15) is 0 Å². The van der Waals surface area contributed by atoms with Crippen LogP contribution < -0.4 is 10.6 Å². The van der Waals surface area contributed by atoms with Gasteiger partial charge < -0.3 is 20.5 Å². The summed E-state index contributed by atoms with van der Waals surface area (Å²) in [6.07, 6.45) is 4.39. The molecule has 0 aromatic carbocycles. The summed E-state index contributed by atoms with van der Waals surface area (Å²) in [7, 11) is 1.69. The van der Waals surface area contributed by atoms with E-state index in [-0.39, 0.29) is 36.7 Å². The summed E-state index contributed by atoms with van der Waals surface area (Å²) in [5, 5.41) is 14.9. The Morgan fingerprint density at radius 1 is 1.39 bits per heavy atom. The van der Waals surface area contributed by atoms with E-state index in [1.165, 1.54) is 0 Å². The van der Waals surface area contributed by atoms with Crippen LogP contribution in [0.2, 0.25) is 0 Å². The first-order chi connectivity index (χ1) is 8.58. The minimum atomic E-state index is -0.170. The van der Waals surface area contributed by atoms with E-state index in [4.69, 9.17) is 9.84 Å². The maximum Gasteiger partial charge on any atom is 0.315 e. The van der Waals surface area contributed by atoms with Gasteiger partial charge in [0.05, 0.1) is 12.1 Å². The van der Waals surface area contributed by atoms with Crippen molar-refractivity contribution in [3.05, 3.63) is 0 Å². The van der Waals surface area contributed by atoms with Crippen molar-refractivity contribution in [3.63, 3.8) is 0 Å². The van der Waals surface area contributed by atoms with Crippen molar-refractivity contribution in [2.45, 2.75) is 57.7 Å². The average Bonchev–Trinajstić information content (AvgIpc) is 2.38. The summed E-state index contributed by atoms with van der Waals surface area (Å²) >= 11 is 0. The van der Waals surface area contributed by atoms with Crippen LogP contribution in [0.5, 0.6) is 0 Å². The lowest BCUT2D eigenvalue weighted by Crippen LogP contribution is -2.52. The van der Waals surface area contributed by atoms with Gasteiger partial charge in [-0.25, -0.2) is 4.79 Å². The molecule has 5 heteroatoms. The van der Waals surface area contributed by atoms with Gasteiger partial charge in [0, 0.05) is 19.8 Å². The first-order valence-corrected chi connectivity index (χ1v) is 6.79. The maximum absolute atomic E-state index is 11.8. The fourth-order valence-corrected chi connectivity index (χ4v) is 2.26. The Bertz CT molecular complexity index is 261. The fourth-order valence-electron chi connectivity index (χ4n) is 2.26. The van der Waals surface area contributed by atoms with Crippen LogP contribution in [0.3, 0.4) is 0 Å². The number of amides is 2. The highest BCUT2D eigenvalue weighted by Gasteiger charge is 2.26. The summed E-state index contributed by atoms with van der Waals surface area (Å²) in [4.78, 5) is 11.8. The van der Waals surface area contributed by atoms with E-state index in [0.717, 1.165) is 25.7 Å². The number of methoxy groups -OCH3 is 1. The van der Waals surface area contributed by atoms with E-state index in [9.17, 15) is 4.79 Å². The molecule has 0 aromatic heterocycles. The Morgan fingerprint density at radius 2 is 2.06 bits per heavy atom. The molecule has 4 atom stereocenters. The molecule has 1 aliphatic carbocycles. The molecule has 0 saturated heterocycles. The van der Waals surface area contributed by atoms with Crippen LogP contribution in [-0.2, 0) is 4.74 Å². The summed E-state index contributed by atoms with van der Waals surface area (Å²) in [5.41, 5.74) is 0. The van der Waals surface area contributed by atoms with Crippen molar-refractivity contribution in [2.75, 3.05) is 13.7 Å². The quantitative estimate of drug-likeness (QED) is 0.695. The lowest BCUT2D eigenvalue weighted by atomic mass is 9.92. The van der Waals surface area contributed by atoms with Crippen molar-refractivity contribution in [3.8, 4) is 0 Å². The zero-order valence-electron chi connectivity index (χ0n) is 11.6. The van der Waals surface area contributed by atoms with E-state index in [2.05, 4.69) is 10.6 Å². The third-order valence-electron chi connectivity index (χ3n) is 3.82. The highest BCUT2D eigenvalue weighted by atomic mass is 16.5. The van der Waals surface area contributed by atoms with Gasteiger partial charge in [-0.3, -0.25) is 0 Å². The molecular formula is C13H26N2O3. The molecule has 3 N–H and O–H groups in total. The van der Waals surface area contributed by atoms with E-state index >= 15 is 0 Å². The van der Waals surface area contributed by atoms with Crippen LogP contribution in [0.15, 0.2) is 0 Å². The molecular weight excluding hydrogens is 232 g/mol. The monoisotopic (exact) mass is 258 g/mol. The summed E-state index contributed by atoms with van der Waals surface area (Å²) in [6.45, 7) is 3.88. The van der Waals surface area contributed by atoms with Gasteiger partial charge in [-0.15, -0.1) is 0 Å². The second-order valence-electron chi connectivity index (χ2n) is 5.23. The standard InChI is InChI=1S/C13H26N2O3/c1-9(8-16)10(2)14-13(17)15-11-6-4-5-7-12(11)18-3/h9-12,16H,4-8H2,1-3H3,(H2,14,15,17). The molecule has 0 aliphatic heterocycles. The van der Waals surface area contributed by atoms with Crippen LogP contribution >= 0.6 is 0 Å². The first kappa shape index (κ1) is 15.2. The lowest BCUT2D eigenvalue weighted by Gasteiger charge is -2.31. The van der Waals surface area contributed by atoms with Gasteiger partial charge in [0.15, 0.2) is 0 Å². The normalized spacial score (nSPS) is 27.3. The van der Waals surface area contributed by atoms with Gasteiger partial charge >= 0.3 is 6.03 Å². The second-order valence-corrected chi connectivity index (χ2v) is 5.23. The topological polar surface area (TPSA) is 70.6 Å². The van der Waals surface area contributed by atoms with Crippen molar-refractivity contribution >= 4 is 6.03 Å². The fraction of sp³-hybridized carbons (Fsp3) is 0.923. The minimum Gasteiger partial charge on any atom is -0.396 e. The Kier molecular flexibility index (Phi) is 6.43. The average molecular weight is 258 g/mol. The molecule has 0 heterocycles. The van der Waals surface area contributed by atoms with Crippen LogP contribution in [0.1, 0.15) is 39.5 Å². The zero-order valence-corrected chi connectivity index (χ0v) is 11.6. The Hall–Kier alpha value is -0.810. The van der Waals surface area contributed by atoms with Gasteiger partial charge in [0.25, 0.3) is 0 Å². The van der Waals surface area contributed by atoms with Crippen molar-refractivity contribution in [1.82, 2.24) is 10.6 Å². The number of ether oxygens (including phenoxy) is 1. The lowest BCUT2D eigenvalue weighted by molar-refractivity contribution is 0.0449. The molecule has 106 valence electrons. The van der Waals surface area contributed by atoms with Crippen LogP contribution in [0.25, 0.3) is 0 Å². The minimum absolute atomic E-state index is 0.0421. The van der Waals surface area contributed by atoms with Crippen molar-refractivity contribution in [2.24, 2.45) is 5.92 Å². The smallest absolute Gasteiger partial charge is 0.315 e. The van der Waals surface area contributed by atoms with E-state index < -0.39 is 0 Å². The van der Waals surface area contributed by atoms with Gasteiger partial charge in [-0.05, 0) is 25.7 Å². The number of aliphatic hydroxyl groups is 1. The molecule has 1 saturated carbocycles. The number of rotatable bonds is 5. The number of aliphatic hydroxyl groups excluding tert-OH is 1. The molecule has 1 fully saturated rings. The summed E-state index contributed by atoms with van der Waals surface area (Å²) in [6, 6.07) is -0.114. The maximum atomic E-state index is 11.8. The Labute approximate surface area is 109 Å². The van der Waals surface area contributed by atoms with Gasteiger partial charge in [0.1, 0.15) is 0 Å². The molecule has 0 radical (unpaired) electrons. The largest absolute Gasteiger partial charge is 0.396 e. The highest BCUT2D eigenvalue weighted by Crippen LogP contribution is 2.20. The van der Waals surface area contributed by atoms with Crippen molar-refractivity contribution < 1.29 is 14.6 Å². The zero-order chi connectivity index (χ0) is 13.5. The first-order valence-electron chi connectivity index (χ1n) is 6.79. The van der Waals surface area contributed by atoms with Crippen molar-refractivity contribution in [1.29, 1.82) is 0 Å². The van der Waals surface area contributed by atoms with Crippen LogP contribution in [0, 0.1) is 5.92 Å². The molecule has 0 bridgehead atoms. The third kappa shape index (κ3) is 4.46. The van der Waals surface area contributed by atoms with Gasteiger partial charge in [0.2, 0.25) is 0 Å². The SMILES string of the molecule is COC1CCCCC1NC(=O)NC(C)C(C)CO. The third-order valence-corrected chi connectivity index (χ3v) is 3.82. The second kappa shape index (κ2) is 7.59. The van der Waals surface area contributed by atoms with E-state index in [1.807, 2.05) is 13.8 Å². The van der Waals surface area contributed by atoms with Gasteiger partial charge in [-0.1, -0.05) is 19.8 Å². The number of hydrogen-bond donors (Lipinski definition) is 3. The van der Waals surface area contributed by atoms with E-state index in [1.54, 1.807) is 7.11 Å². The van der Waals surface area contributed by atoms with E-state index in [0.29, 0.717) is 0 Å². The Morgan fingerprint density at radius 3 is 2.67 bits per heavy atom. The summed E-state index contributed by atoms with van der Waals surface area (Å²) in [5.74, 6) is 0.0559. The number of nitrogens with one attached hydrogen (secondary N) is 2. The Balaban J connectivity index is 2.38.